The molecule has 2 heterocycles. The summed E-state index contributed by atoms with van der Waals surface area (Å²) in [5.41, 5.74) is 2.64. The fourth-order valence-corrected chi connectivity index (χ4v) is 3.88. The first-order valence-electron chi connectivity index (χ1n) is 9.27. The van der Waals surface area contributed by atoms with Crippen LogP contribution in [-0.2, 0) is 17.8 Å². The van der Waals surface area contributed by atoms with E-state index in [0.717, 1.165) is 44.8 Å². The normalized spacial score (nSPS) is 18.3. The van der Waals surface area contributed by atoms with Crippen molar-refractivity contribution < 1.29 is 9.18 Å². The smallest absolute Gasteiger partial charge is 0.231 e. The van der Waals surface area contributed by atoms with E-state index in [4.69, 9.17) is 0 Å². The number of anilines is 1. The van der Waals surface area contributed by atoms with Crippen molar-refractivity contribution in [3.8, 4) is 0 Å². The highest BCUT2D eigenvalue weighted by molar-refractivity contribution is 6.01. The Morgan fingerprint density at radius 3 is 2.35 bits per heavy atom. The number of nitrogens with zero attached hydrogens (tertiary/aromatic N) is 3. The Labute approximate surface area is 153 Å². The van der Waals surface area contributed by atoms with Crippen LogP contribution in [0.5, 0.6) is 0 Å². The van der Waals surface area contributed by atoms with E-state index in [1.807, 2.05) is 12.1 Å². The van der Waals surface area contributed by atoms with Gasteiger partial charge in [-0.25, -0.2) is 4.39 Å². The number of hydrogen-bond donors (Lipinski definition) is 0. The topological polar surface area (TPSA) is 26.8 Å². The predicted molar refractivity (Wildman–Crippen MR) is 101 cm³/mol. The Bertz CT molecular complexity index is 772. The summed E-state index contributed by atoms with van der Waals surface area (Å²) >= 11 is 0. The lowest BCUT2D eigenvalue weighted by Crippen LogP contribution is -2.48. The molecule has 4 rings (SSSR count). The maximum absolute atomic E-state index is 14.1. The van der Waals surface area contributed by atoms with Crippen LogP contribution >= 0.6 is 0 Å². The molecule has 0 spiro atoms. The lowest BCUT2D eigenvalue weighted by atomic mass is 10.1. The lowest BCUT2D eigenvalue weighted by molar-refractivity contribution is -0.117. The standard InChI is InChI=1S/C21H24FN3O/c22-19-8-4-7-18-15-20(26)25(21(18)19)14-13-23-9-11-24(12-10-23)16-17-5-2-1-3-6-17/h1-8H,9-16H2. The fourth-order valence-electron chi connectivity index (χ4n) is 3.88. The Hall–Kier alpha value is -2.24. The number of carbonyl (C=O) groups excluding carboxylic acids is 1. The number of rotatable bonds is 5. The van der Waals surface area contributed by atoms with Gasteiger partial charge >= 0.3 is 0 Å². The average molecular weight is 353 g/mol. The molecule has 4 nitrogen and oxygen atoms in total. The summed E-state index contributed by atoms with van der Waals surface area (Å²) in [7, 11) is 0. The molecule has 0 atom stereocenters. The molecule has 0 radical (unpaired) electrons. The van der Waals surface area contributed by atoms with Gasteiger partial charge in [-0.2, -0.15) is 0 Å². The Kier molecular flexibility index (Phi) is 5.00. The van der Waals surface area contributed by atoms with Gasteiger partial charge in [0.1, 0.15) is 5.82 Å². The van der Waals surface area contributed by atoms with Crippen molar-refractivity contribution in [3.05, 3.63) is 65.5 Å². The molecule has 0 unspecified atom stereocenters. The van der Waals surface area contributed by atoms with Gasteiger partial charge in [0.15, 0.2) is 0 Å². The van der Waals surface area contributed by atoms with E-state index in [1.54, 1.807) is 11.0 Å². The number of carbonyl (C=O) groups is 1. The van der Waals surface area contributed by atoms with E-state index < -0.39 is 0 Å². The molecule has 0 aliphatic carbocycles. The van der Waals surface area contributed by atoms with Gasteiger partial charge in [0, 0.05) is 45.8 Å². The average Bonchev–Trinajstić information content (AvgIpc) is 2.98. The molecule has 2 aliphatic heterocycles. The first-order valence-corrected chi connectivity index (χ1v) is 9.27. The van der Waals surface area contributed by atoms with Crippen molar-refractivity contribution >= 4 is 11.6 Å². The quantitative estimate of drug-likeness (QED) is 0.827. The SMILES string of the molecule is O=C1Cc2cccc(F)c2N1CCN1CCN(Cc2ccccc2)CC1. The molecular weight excluding hydrogens is 329 g/mol. The van der Waals surface area contributed by atoms with Crippen molar-refractivity contribution in [2.75, 3.05) is 44.2 Å². The zero-order chi connectivity index (χ0) is 17.9. The van der Waals surface area contributed by atoms with Gasteiger partial charge in [-0.15, -0.1) is 0 Å². The minimum Gasteiger partial charge on any atom is -0.308 e. The number of halogens is 1. The first-order chi connectivity index (χ1) is 12.7. The number of hydrogen-bond acceptors (Lipinski definition) is 3. The van der Waals surface area contributed by atoms with E-state index in [2.05, 4.69) is 34.1 Å². The van der Waals surface area contributed by atoms with Crippen LogP contribution in [0.2, 0.25) is 0 Å². The molecule has 1 fully saturated rings. The maximum atomic E-state index is 14.1. The van der Waals surface area contributed by atoms with Crippen LogP contribution in [0.1, 0.15) is 11.1 Å². The highest BCUT2D eigenvalue weighted by Gasteiger charge is 2.30. The second-order valence-corrected chi connectivity index (χ2v) is 7.07. The molecule has 136 valence electrons. The minimum absolute atomic E-state index is 0.00723. The largest absolute Gasteiger partial charge is 0.308 e. The van der Waals surface area contributed by atoms with E-state index in [1.165, 1.54) is 11.6 Å². The zero-order valence-electron chi connectivity index (χ0n) is 14.9. The molecule has 26 heavy (non-hydrogen) atoms. The summed E-state index contributed by atoms with van der Waals surface area (Å²) in [5.74, 6) is -0.283. The van der Waals surface area contributed by atoms with Crippen molar-refractivity contribution in [2.45, 2.75) is 13.0 Å². The Balaban J connectivity index is 1.29. The van der Waals surface area contributed by atoms with Crippen molar-refractivity contribution in [2.24, 2.45) is 0 Å². The van der Waals surface area contributed by atoms with Gasteiger partial charge in [0.05, 0.1) is 12.1 Å². The molecule has 0 bridgehead atoms. The molecular formula is C21H24FN3O. The number of para-hydroxylation sites is 1. The molecule has 0 N–H and O–H groups in total. The van der Waals surface area contributed by atoms with E-state index >= 15 is 0 Å². The van der Waals surface area contributed by atoms with Crippen molar-refractivity contribution in [1.82, 2.24) is 9.80 Å². The zero-order valence-corrected chi connectivity index (χ0v) is 14.9. The van der Waals surface area contributed by atoms with Crippen LogP contribution in [0.4, 0.5) is 10.1 Å². The molecule has 1 amide bonds. The number of piperazine rings is 1. The lowest BCUT2D eigenvalue weighted by Gasteiger charge is -2.35. The summed E-state index contributed by atoms with van der Waals surface area (Å²) in [6, 6.07) is 15.5. The third-order valence-electron chi connectivity index (χ3n) is 5.34. The van der Waals surface area contributed by atoms with Crippen molar-refractivity contribution in [3.63, 3.8) is 0 Å². The monoisotopic (exact) mass is 353 g/mol. The predicted octanol–water partition coefficient (Wildman–Crippen LogP) is 2.53. The fraction of sp³-hybridized carbons (Fsp3) is 0.381. The molecule has 5 heteroatoms. The molecule has 0 saturated carbocycles. The van der Waals surface area contributed by atoms with E-state index in [-0.39, 0.29) is 11.7 Å². The van der Waals surface area contributed by atoms with Crippen LogP contribution in [0.15, 0.2) is 48.5 Å². The third kappa shape index (κ3) is 3.64. The molecule has 2 aliphatic rings. The van der Waals surface area contributed by atoms with Crippen LogP contribution in [-0.4, -0.2) is 55.0 Å². The van der Waals surface area contributed by atoms with E-state index in [9.17, 15) is 9.18 Å². The number of amides is 1. The van der Waals surface area contributed by atoms with Crippen LogP contribution in [0.25, 0.3) is 0 Å². The van der Waals surface area contributed by atoms with E-state index in [0.29, 0.717) is 18.7 Å². The van der Waals surface area contributed by atoms with Crippen LogP contribution < -0.4 is 4.90 Å². The van der Waals surface area contributed by atoms with Gasteiger partial charge in [-0.05, 0) is 17.2 Å². The number of fused-ring (bicyclic) bond motifs is 1. The summed E-state index contributed by atoms with van der Waals surface area (Å²) < 4.78 is 14.1. The minimum atomic E-state index is -0.291. The summed E-state index contributed by atoms with van der Waals surface area (Å²) in [6.45, 7) is 6.35. The summed E-state index contributed by atoms with van der Waals surface area (Å²) in [4.78, 5) is 18.7. The van der Waals surface area contributed by atoms with Gasteiger partial charge < -0.3 is 4.90 Å². The summed E-state index contributed by atoms with van der Waals surface area (Å²) in [5, 5.41) is 0. The van der Waals surface area contributed by atoms with Gasteiger partial charge in [0.25, 0.3) is 0 Å². The van der Waals surface area contributed by atoms with Gasteiger partial charge in [-0.1, -0.05) is 42.5 Å². The number of benzene rings is 2. The second-order valence-electron chi connectivity index (χ2n) is 7.07. The van der Waals surface area contributed by atoms with Crippen molar-refractivity contribution in [1.29, 1.82) is 0 Å². The van der Waals surface area contributed by atoms with Gasteiger partial charge in [0.2, 0.25) is 5.91 Å². The Morgan fingerprint density at radius 1 is 0.846 bits per heavy atom. The Morgan fingerprint density at radius 2 is 1.58 bits per heavy atom. The second kappa shape index (κ2) is 7.56. The molecule has 2 aromatic carbocycles. The molecule has 2 aromatic rings. The third-order valence-corrected chi connectivity index (χ3v) is 5.34. The highest BCUT2D eigenvalue weighted by Crippen LogP contribution is 2.31. The molecule has 1 saturated heterocycles. The van der Waals surface area contributed by atoms with Gasteiger partial charge in [-0.3, -0.25) is 14.6 Å². The van der Waals surface area contributed by atoms with Crippen LogP contribution in [0.3, 0.4) is 0 Å². The first kappa shape index (κ1) is 17.2. The maximum Gasteiger partial charge on any atom is 0.231 e. The molecule has 0 aromatic heterocycles. The highest BCUT2D eigenvalue weighted by atomic mass is 19.1. The summed E-state index contributed by atoms with van der Waals surface area (Å²) in [6.07, 6.45) is 0.317. The van der Waals surface area contributed by atoms with Crippen LogP contribution in [0, 0.1) is 5.82 Å².